The molecule has 33 heavy (non-hydrogen) atoms. The Labute approximate surface area is 199 Å². The molecule has 1 aromatic heterocycles. The first kappa shape index (κ1) is 24.3. The van der Waals surface area contributed by atoms with Crippen LogP contribution in [-0.2, 0) is 0 Å². The van der Waals surface area contributed by atoms with Gasteiger partial charge in [0.1, 0.15) is 0 Å². The third kappa shape index (κ3) is 5.73. The minimum Gasteiger partial charge on any atom is -0.493 e. The van der Waals surface area contributed by atoms with E-state index >= 15 is 0 Å². The average Bonchev–Trinajstić information content (AvgIpc) is 3.23. The summed E-state index contributed by atoms with van der Waals surface area (Å²) in [5.41, 5.74) is 5.04. The molecule has 0 atom stereocenters. The first-order chi connectivity index (χ1) is 15.9. The van der Waals surface area contributed by atoms with Crippen molar-refractivity contribution in [2.75, 3.05) is 27.9 Å². The Hall–Kier alpha value is -3.32. The van der Waals surface area contributed by atoms with Crippen LogP contribution in [0.3, 0.4) is 0 Å². The van der Waals surface area contributed by atoms with Gasteiger partial charge in [-0.15, -0.1) is 11.3 Å². The number of nitrogens with zero attached hydrogens (tertiary/aromatic N) is 3. The van der Waals surface area contributed by atoms with Gasteiger partial charge in [0.25, 0.3) is 0 Å². The van der Waals surface area contributed by atoms with Crippen LogP contribution >= 0.6 is 11.3 Å². The second-order valence-electron chi connectivity index (χ2n) is 7.97. The molecule has 0 saturated heterocycles. The van der Waals surface area contributed by atoms with E-state index in [9.17, 15) is 0 Å². The third-order valence-electron chi connectivity index (χ3n) is 5.06. The zero-order valence-electron chi connectivity index (χ0n) is 20.1. The first-order valence-electron chi connectivity index (χ1n) is 10.7. The number of aromatic nitrogens is 1. The summed E-state index contributed by atoms with van der Waals surface area (Å²) in [6, 6.07) is 12.3. The normalized spacial score (nSPS) is 11.9. The van der Waals surface area contributed by atoms with E-state index in [1.807, 2.05) is 35.3 Å². The molecule has 0 radical (unpaired) electrons. The van der Waals surface area contributed by atoms with E-state index in [1.54, 1.807) is 21.3 Å². The smallest absolute Gasteiger partial charge is 0.206 e. The highest BCUT2D eigenvalue weighted by Gasteiger charge is 2.17. The zero-order valence-corrected chi connectivity index (χ0v) is 20.9. The third-order valence-corrected chi connectivity index (χ3v) is 5.91. The van der Waals surface area contributed by atoms with Gasteiger partial charge in [-0.1, -0.05) is 50.3 Å². The second-order valence-corrected chi connectivity index (χ2v) is 8.81. The van der Waals surface area contributed by atoms with Gasteiger partial charge >= 0.3 is 0 Å². The van der Waals surface area contributed by atoms with Crippen molar-refractivity contribution in [1.82, 2.24) is 4.68 Å². The molecule has 0 N–H and O–H groups in total. The van der Waals surface area contributed by atoms with E-state index in [0.29, 0.717) is 29.7 Å². The van der Waals surface area contributed by atoms with Crippen LogP contribution in [0.25, 0.3) is 11.3 Å². The molecule has 3 aromatic rings. The molecule has 6 nitrogen and oxygen atoms in total. The molecule has 0 bridgehead atoms. The molecular formula is C26H31N3O3S. The molecular weight excluding hydrogens is 434 g/mol. The predicted octanol–water partition coefficient (Wildman–Crippen LogP) is 5.72. The Bertz CT molecular complexity index is 1180. The number of benzene rings is 2. The maximum Gasteiger partial charge on any atom is 0.206 e. The molecule has 0 fully saturated rings. The number of hydrogen-bond donors (Lipinski definition) is 0. The summed E-state index contributed by atoms with van der Waals surface area (Å²) in [5.74, 6) is 2.20. The summed E-state index contributed by atoms with van der Waals surface area (Å²) in [7, 11) is 4.80. The molecule has 2 aromatic carbocycles. The number of hydrogen-bond acceptors (Lipinski definition) is 6. The van der Waals surface area contributed by atoms with Gasteiger partial charge in [-0.2, -0.15) is 5.10 Å². The Morgan fingerprint density at radius 1 is 1.06 bits per heavy atom. The summed E-state index contributed by atoms with van der Waals surface area (Å²) in [4.78, 5) is 5.48. The molecule has 3 rings (SSSR count). The summed E-state index contributed by atoms with van der Waals surface area (Å²) < 4.78 is 18.4. The monoisotopic (exact) mass is 465 g/mol. The van der Waals surface area contributed by atoms with Crippen molar-refractivity contribution in [3.8, 4) is 28.5 Å². The van der Waals surface area contributed by atoms with Crippen LogP contribution < -0.4 is 19.0 Å². The van der Waals surface area contributed by atoms with Gasteiger partial charge in [0, 0.05) is 10.9 Å². The number of rotatable bonds is 9. The van der Waals surface area contributed by atoms with Crippen molar-refractivity contribution >= 4 is 17.6 Å². The lowest BCUT2D eigenvalue weighted by atomic mass is 10.0. The number of thiazole rings is 1. The molecule has 0 aliphatic carbocycles. The van der Waals surface area contributed by atoms with Crippen LogP contribution in [-0.4, -0.2) is 38.8 Å². The summed E-state index contributed by atoms with van der Waals surface area (Å²) >= 11 is 1.52. The van der Waals surface area contributed by atoms with E-state index in [2.05, 4.69) is 44.7 Å². The van der Waals surface area contributed by atoms with Gasteiger partial charge in [-0.25, -0.2) is 4.68 Å². The number of methoxy groups -OCH3 is 3. The van der Waals surface area contributed by atoms with Gasteiger partial charge in [0.15, 0.2) is 11.5 Å². The van der Waals surface area contributed by atoms with Crippen molar-refractivity contribution in [3.05, 3.63) is 69.9 Å². The lowest BCUT2D eigenvalue weighted by molar-refractivity contribution is 0.324. The summed E-state index contributed by atoms with van der Waals surface area (Å²) in [6.07, 6.45) is 1.85. The van der Waals surface area contributed by atoms with Crippen molar-refractivity contribution < 1.29 is 14.2 Å². The van der Waals surface area contributed by atoms with Gasteiger partial charge < -0.3 is 14.2 Å². The SMILES string of the molecule is C=C(C)CN=c1scc(-c2cc(OC)c(OC)c(OC)c2)n1N=Cc1ccc(C(C)C)cc1. The van der Waals surface area contributed by atoms with Crippen molar-refractivity contribution in [2.45, 2.75) is 26.7 Å². The molecule has 0 aliphatic heterocycles. The zero-order chi connectivity index (χ0) is 24.0. The fourth-order valence-corrected chi connectivity index (χ4v) is 4.08. The van der Waals surface area contributed by atoms with E-state index in [4.69, 9.17) is 24.3 Å². The minimum absolute atomic E-state index is 0.487. The van der Waals surface area contributed by atoms with Crippen LogP contribution in [0, 0.1) is 0 Å². The van der Waals surface area contributed by atoms with Crippen molar-refractivity contribution in [3.63, 3.8) is 0 Å². The van der Waals surface area contributed by atoms with Crippen LogP contribution in [0.5, 0.6) is 17.2 Å². The Morgan fingerprint density at radius 3 is 2.21 bits per heavy atom. The maximum atomic E-state index is 5.54. The molecule has 174 valence electrons. The predicted molar refractivity (Wildman–Crippen MR) is 136 cm³/mol. The highest BCUT2D eigenvalue weighted by Crippen LogP contribution is 2.41. The molecule has 0 amide bonds. The van der Waals surface area contributed by atoms with Gasteiger partial charge in [-0.3, -0.25) is 4.99 Å². The molecule has 0 spiro atoms. The molecule has 0 saturated carbocycles. The summed E-state index contributed by atoms with van der Waals surface area (Å²) in [6.45, 7) is 10.8. The lowest BCUT2D eigenvalue weighted by Crippen LogP contribution is -2.13. The molecule has 0 aliphatic rings. The van der Waals surface area contributed by atoms with E-state index in [1.165, 1.54) is 16.9 Å². The Morgan fingerprint density at radius 2 is 1.70 bits per heavy atom. The highest BCUT2D eigenvalue weighted by atomic mass is 32.1. The van der Waals surface area contributed by atoms with E-state index < -0.39 is 0 Å². The fraction of sp³-hybridized carbons (Fsp3) is 0.308. The Kier molecular flexibility index (Phi) is 8.11. The van der Waals surface area contributed by atoms with Crippen LogP contribution in [0.2, 0.25) is 0 Å². The highest BCUT2D eigenvalue weighted by molar-refractivity contribution is 7.07. The van der Waals surface area contributed by atoms with Crippen LogP contribution in [0.1, 0.15) is 37.8 Å². The topological polar surface area (TPSA) is 57.3 Å². The van der Waals surface area contributed by atoms with E-state index in [-0.39, 0.29) is 0 Å². The second kappa shape index (κ2) is 11.0. The van der Waals surface area contributed by atoms with Gasteiger partial charge in [0.2, 0.25) is 10.6 Å². The van der Waals surface area contributed by atoms with E-state index in [0.717, 1.165) is 27.2 Å². The van der Waals surface area contributed by atoms with Crippen LogP contribution in [0.4, 0.5) is 0 Å². The molecule has 1 heterocycles. The van der Waals surface area contributed by atoms with Crippen LogP contribution in [0.15, 0.2) is 64.0 Å². The average molecular weight is 466 g/mol. The summed E-state index contributed by atoms with van der Waals surface area (Å²) in [5, 5.41) is 6.81. The number of ether oxygens (including phenoxy) is 3. The van der Waals surface area contributed by atoms with Gasteiger partial charge in [-0.05, 0) is 36.1 Å². The fourth-order valence-electron chi connectivity index (χ4n) is 3.24. The minimum atomic E-state index is 0.487. The molecule has 7 heteroatoms. The quantitative estimate of drug-likeness (QED) is 0.300. The first-order valence-corrected chi connectivity index (χ1v) is 11.6. The van der Waals surface area contributed by atoms with Crippen molar-refractivity contribution in [1.29, 1.82) is 0 Å². The Balaban J connectivity index is 2.12. The maximum absolute atomic E-state index is 5.54. The van der Waals surface area contributed by atoms with Gasteiger partial charge in [0.05, 0.1) is 39.8 Å². The van der Waals surface area contributed by atoms with Crippen molar-refractivity contribution in [2.24, 2.45) is 10.1 Å². The largest absolute Gasteiger partial charge is 0.493 e. The molecule has 0 unspecified atom stereocenters. The lowest BCUT2D eigenvalue weighted by Gasteiger charge is -2.14. The standard InChI is InChI=1S/C26H31N3O3S/c1-17(2)14-27-26-29(28-15-19-8-10-20(11-9-19)18(3)4)22(16-33-26)21-12-23(30-5)25(32-7)24(13-21)31-6/h8-13,15-16,18H,1,14H2,2-7H3.